The molecule has 0 aliphatic rings. The van der Waals surface area contributed by atoms with Gasteiger partial charge in [-0.15, -0.1) is 0 Å². The summed E-state index contributed by atoms with van der Waals surface area (Å²) in [5, 5.41) is 40.8. The summed E-state index contributed by atoms with van der Waals surface area (Å²) in [4.78, 5) is 89.8. The molecule has 24 nitrogen and oxygen atoms in total. The van der Waals surface area contributed by atoms with Crippen LogP contribution in [0.2, 0.25) is 0 Å². The number of carboxylic acids is 4. The third kappa shape index (κ3) is 35.3. The van der Waals surface area contributed by atoms with Crippen molar-refractivity contribution in [1.82, 2.24) is 9.97 Å². The first-order chi connectivity index (χ1) is 24.7. The zero-order chi connectivity index (χ0) is 43.3. The van der Waals surface area contributed by atoms with E-state index in [1.807, 2.05) is 27.7 Å². The summed E-state index contributed by atoms with van der Waals surface area (Å²) in [6.45, 7) is 7.16. The Morgan fingerprint density at radius 2 is 1.07 bits per heavy atom. The molecular weight excluding hydrogens is 724 g/mol. The fourth-order valence-electron chi connectivity index (χ4n) is 2.98. The minimum absolute atomic E-state index is 0.0213. The highest BCUT2D eigenvalue weighted by Crippen LogP contribution is 2.05. The maximum Gasteiger partial charge on any atom is 0.331 e. The minimum Gasteiger partial charge on any atom is -0.480 e. The molecule has 0 radical (unpaired) electrons. The Labute approximate surface area is 311 Å². The van der Waals surface area contributed by atoms with Gasteiger partial charge >= 0.3 is 35.8 Å². The first-order valence-electron chi connectivity index (χ1n) is 16.0. The van der Waals surface area contributed by atoms with E-state index in [4.69, 9.17) is 71.4 Å². The summed E-state index contributed by atoms with van der Waals surface area (Å²) in [7, 11) is 0. The number of aliphatic carboxylic acids is 4. The number of rotatable bonds is 18. The topological polar surface area (TPSA) is 484 Å². The van der Waals surface area contributed by atoms with Crippen LogP contribution in [0.4, 0.5) is 0 Å². The van der Waals surface area contributed by atoms with Crippen molar-refractivity contribution in [2.75, 3.05) is 6.61 Å². The molecule has 1 heterocycles. The van der Waals surface area contributed by atoms with Gasteiger partial charge in [-0.2, -0.15) is 0 Å². The zero-order valence-electron chi connectivity index (χ0n) is 30.7. The number of aliphatic hydroxyl groups is 1. The van der Waals surface area contributed by atoms with E-state index in [2.05, 4.69) is 14.7 Å². The van der Waals surface area contributed by atoms with Crippen LogP contribution in [0, 0.1) is 11.8 Å². The molecule has 22 N–H and O–H groups in total. The SMILES string of the molecule is CC(C)C[C@H](N)C(=O)O.CC(C)C[C@H](N)C(=O)OC(=O)[C@@H](N)CC(N)=O.NC(=O)CC[C@H](N)C(=O)O.N[C@@H](CO)C(=O)O.N[C@@H](Cc1c[nH]cn1)C(=O)O. The predicted octanol–water partition coefficient (Wildman–Crippen LogP) is -4.50. The second kappa shape index (κ2) is 31.4. The molecule has 0 spiro atoms. The lowest BCUT2D eigenvalue weighted by Gasteiger charge is -2.14. The van der Waals surface area contributed by atoms with Crippen LogP contribution in [-0.2, 0) is 49.5 Å². The van der Waals surface area contributed by atoms with Crippen molar-refractivity contribution in [2.24, 2.45) is 57.7 Å². The lowest BCUT2D eigenvalue weighted by Crippen LogP contribution is -2.41. The largest absolute Gasteiger partial charge is 0.480 e. The first-order valence-corrected chi connectivity index (χ1v) is 16.0. The van der Waals surface area contributed by atoms with Crippen LogP contribution in [0.3, 0.4) is 0 Å². The van der Waals surface area contributed by atoms with Gasteiger partial charge in [0.15, 0.2) is 0 Å². The van der Waals surface area contributed by atoms with Crippen molar-refractivity contribution in [3.8, 4) is 0 Å². The van der Waals surface area contributed by atoms with Crippen LogP contribution in [0.15, 0.2) is 12.5 Å². The molecule has 0 aliphatic heterocycles. The number of hydrogen-bond donors (Lipinski definition) is 14. The normalized spacial score (nSPS) is 13.4. The molecule has 2 amide bonds. The number of ether oxygens (including phenoxy) is 1. The van der Waals surface area contributed by atoms with Crippen LogP contribution in [0.1, 0.15) is 65.5 Å². The van der Waals surface area contributed by atoms with E-state index in [-0.39, 0.29) is 31.6 Å². The molecule has 54 heavy (non-hydrogen) atoms. The lowest BCUT2D eigenvalue weighted by molar-refractivity contribution is -0.162. The number of hydrogen-bond acceptors (Lipinski definition) is 17. The Morgan fingerprint density at radius 1 is 0.648 bits per heavy atom. The predicted molar refractivity (Wildman–Crippen MR) is 190 cm³/mol. The molecule has 0 aliphatic carbocycles. The Balaban J connectivity index is -0.000000300. The Hall–Kier alpha value is -5.11. The zero-order valence-corrected chi connectivity index (χ0v) is 30.7. The molecule has 1 aromatic heterocycles. The average molecular weight is 783 g/mol. The summed E-state index contributed by atoms with van der Waals surface area (Å²) in [5.41, 5.74) is 41.4. The van der Waals surface area contributed by atoms with E-state index in [0.717, 1.165) is 0 Å². The number of imidazole rings is 1. The van der Waals surface area contributed by atoms with Gasteiger partial charge in [-0.1, -0.05) is 27.7 Å². The van der Waals surface area contributed by atoms with Crippen LogP contribution in [0.5, 0.6) is 0 Å². The fourth-order valence-corrected chi connectivity index (χ4v) is 2.98. The van der Waals surface area contributed by atoms with Crippen LogP contribution >= 0.6 is 0 Å². The van der Waals surface area contributed by atoms with Gasteiger partial charge in [-0.3, -0.25) is 28.8 Å². The number of carbonyl (C=O) groups is 8. The molecule has 312 valence electrons. The molecule has 6 atom stereocenters. The fraction of sp³-hybridized carbons (Fsp3) is 0.633. The molecule has 24 heteroatoms. The molecule has 0 unspecified atom stereocenters. The highest BCUT2D eigenvalue weighted by molar-refractivity contribution is 5.92. The number of esters is 2. The van der Waals surface area contributed by atoms with Crippen molar-refractivity contribution in [3.63, 3.8) is 0 Å². The van der Waals surface area contributed by atoms with Crippen molar-refractivity contribution in [2.45, 2.75) is 102 Å². The third-order valence-electron chi connectivity index (χ3n) is 5.83. The van der Waals surface area contributed by atoms with E-state index < -0.39 is 90.5 Å². The Bertz CT molecular complexity index is 1280. The van der Waals surface area contributed by atoms with Crippen molar-refractivity contribution >= 4 is 47.6 Å². The number of primary amides is 2. The number of carboxylic acid groups (broad SMARTS) is 4. The maximum absolute atomic E-state index is 11.3. The third-order valence-corrected chi connectivity index (χ3v) is 5.83. The number of aliphatic hydroxyl groups excluding tert-OH is 1. The van der Waals surface area contributed by atoms with Crippen LogP contribution in [0.25, 0.3) is 0 Å². The van der Waals surface area contributed by atoms with Crippen LogP contribution < -0.4 is 45.9 Å². The highest BCUT2D eigenvalue weighted by Gasteiger charge is 2.24. The second-order valence-corrected chi connectivity index (χ2v) is 12.1. The number of nitrogens with two attached hydrogens (primary N) is 8. The molecular formula is C30H58N10O14. The minimum atomic E-state index is -1.23. The number of nitrogens with one attached hydrogen (secondary N) is 1. The summed E-state index contributed by atoms with van der Waals surface area (Å²) in [5.74, 6) is -6.76. The van der Waals surface area contributed by atoms with E-state index in [9.17, 15) is 38.4 Å². The van der Waals surface area contributed by atoms with Gasteiger partial charge in [0, 0.05) is 19.0 Å². The van der Waals surface area contributed by atoms with Gasteiger partial charge < -0.3 is 81.1 Å². The lowest BCUT2D eigenvalue weighted by atomic mass is 10.1. The van der Waals surface area contributed by atoms with Crippen molar-refractivity contribution < 1.29 is 68.6 Å². The molecule has 0 saturated heterocycles. The summed E-state index contributed by atoms with van der Waals surface area (Å²) in [6.07, 6.45) is 4.09. The molecule has 1 rings (SSSR count). The highest BCUT2D eigenvalue weighted by atomic mass is 16.6. The standard InChI is InChI=1S/C10H19N3O4.C6H9N3O2.C6H13NO2.C5H10N2O3.C3H7NO3/c1-5(2)3-6(11)9(15)17-10(16)7(12)4-8(13)14;7-5(6(10)11)1-4-2-8-3-9-4;1-4(2)3-5(7)6(8)9;6-3(5(9)10)1-2-4(7)8;4-2(1-5)3(6)7/h5-7H,3-4,11-12H2,1-2H3,(H2,13,14);2-3,5H,1,7H2,(H,8,9)(H,10,11);4-5H,3,7H2,1-2H3,(H,8,9);3H,1-2,6H2,(H2,7,8)(H,9,10);2,5H,1,4H2,(H,6,7)/t6-,7-;2*5-;3-;2-/m00000/s1. The number of amides is 2. The molecule has 0 aromatic carbocycles. The van der Waals surface area contributed by atoms with Gasteiger partial charge in [0.2, 0.25) is 11.8 Å². The number of nitrogens with zero attached hydrogens (tertiary/aromatic N) is 1. The average Bonchev–Trinajstić information content (AvgIpc) is 3.56. The first kappa shape index (κ1) is 55.6. The number of aromatic amines is 1. The quantitative estimate of drug-likeness (QED) is 0.0493. The number of aromatic nitrogens is 2. The number of carbonyl (C=O) groups excluding carboxylic acids is 4. The summed E-state index contributed by atoms with van der Waals surface area (Å²) >= 11 is 0. The molecule has 0 saturated carbocycles. The van der Waals surface area contributed by atoms with Crippen LogP contribution in [-0.4, -0.2) is 126 Å². The van der Waals surface area contributed by atoms with E-state index in [0.29, 0.717) is 24.5 Å². The Morgan fingerprint density at radius 3 is 1.37 bits per heavy atom. The maximum atomic E-state index is 11.3. The summed E-state index contributed by atoms with van der Waals surface area (Å²) < 4.78 is 4.44. The smallest absolute Gasteiger partial charge is 0.331 e. The van der Waals surface area contributed by atoms with Gasteiger partial charge in [-0.05, 0) is 31.1 Å². The van der Waals surface area contributed by atoms with E-state index in [1.54, 1.807) is 6.20 Å². The molecule has 0 fully saturated rings. The molecule has 0 bridgehead atoms. The van der Waals surface area contributed by atoms with Crippen molar-refractivity contribution in [1.29, 1.82) is 0 Å². The van der Waals surface area contributed by atoms with Gasteiger partial charge in [-0.25, -0.2) is 14.6 Å². The second-order valence-electron chi connectivity index (χ2n) is 12.1. The summed E-state index contributed by atoms with van der Waals surface area (Å²) in [6, 6.07) is -5.77. The number of H-pyrrole nitrogens is 1. The van der Waals surface area contributed by atoms with E-state index in [1.165, 1.54) is 6.33 Å². The molecule has 1 aromatic rings. The van der Waals surface area contributed by atoms with Gasteiger partial charge in [0.05, 0.1) is 25.0 Å². The van der Waals surface area contributed by atoms with Gasteiger partial charge in [0.1, 0.15) is 36.3 Å². The monoisotopic (exact) mass is 782 g/mol. The van der Waals surface area contributed by atoms with Crippen molar-refractivity contribution in [3.05, 3.63) is 18.2 Å². The van der Waals surface area contributed by atoms with Gasteiger partial charge in [0.25, 0.3) is 0 Å². The Kier molecular flexibility index (Phi) is 32.4. The van der Waals surface area contributed by atoms with E-state index >= 15 is 0 Å².